The first-order valence-corrected chi connectivity index (χ1v) is 3.88. The topological polar surface area (TPSA) is 28.7 Å². The van der Waals surface area contributed by atoms with Crippen LogP contribution in [-0.4, -0.2) is 9.97 Å². The van der Waals surface area contributed by atoms with E-state index in [-0.39, 0.29) is 0 Å². The first-order chi connectivity index (χ1) is 5.18. The summed E-state index contributed by atoms with van der Waals surface area (Å²) in [6.45, 7) is 6.26. The van der Waals surface area contributed by atoms with Crippen molar-refractivity contribution in [1.82, 2.24) is 9.97 Å². The average Bonchev–Trinajstić information content (AvgIpc) is 2.31. The quantitative estimate of drug-likeness (QED) is 0.689. The molecule has 0 aliphatic carbocycles. The molecule has 0 aliphatic heterocycles. The summed E-state index contributed by atoms with van der Waals surface area (Å²) in [5.74, 6) is 1.56. The molecule has 1 rings (SSSR count). The number of rotatable bonds is 2. The Morgan fingerprint density at radius 3 is 2.73 bits per heavy atom. The van der Waals surface area contributed by atoms with Crippen LogP contribution in [0.1, 0.15) is 25.4 Å². The Bertz CT molecular complexity index is 246. The molecule has 0 saturated heterocycles. The fourth-order valence-electron chi connectivity index (χ4n) is 0.821. The number of hydrogen-bond acceptors (Lipinski definition) is 1. The van der Waals surface area contributed by atoms with Crippen molar-refractivity contribution in [3.63, 3.8) is 0 Å². The highest BCUT2D eigenvalue weighted by atomic mass is 14.9. The minimum atomic E-state index is 0.596. The second kappa shape index (κ2) is 3.37. The monoisotopic (exact) mass is 150 g/mol. The van der Waals surface area contributed by atoms with Crippen LogP contribution in [0.25, 0.3) is 6.08 Å². The van der Waals surface area contributed by atoms with Crippen molar-refractivity contribution in [2.45, 2.75) is 20.8 Å². The molecule has 60 valence electrons. The molecule has 0 spiro atoms. The van der Waals surface area contributed by atoms with Crippen LogP contribution in [0.15, 0.2) is 12.3 Å². The van der Waals surface area contributed by atoms with Gasteiger partial charge in [0.1, 0.15) is 5.82 Å². The van der Waals surface area contributed by atoms with Crippen LogP contribution in [0.2, 0.25) is 0 Å². The lowest BCUT2D eigenvalue weighted by Gasteiger charge is -1.90. The molecule has 1 aromatic rings. The second-order valence-electron chi connectivity index (χ2n) is 3.03. The molecule has 0 aliphatic rings. The van der Waals surface area contributed by atoms with Crippen LogP contribution in [0, 0.1) is 12.8 Å². The number of nitrogens with one attached hydrogen (secondary N) is 1. The van der Waals surface area contributed by atoms with Crippen LogP contribution < -0.4 is 0 Å². The third-order valence-corrected chi connectivity index (χ3v) is 1.38. The molecule has 0 saturated carbocycles. The molecule has 1 heterocycles. The van der Waals surface area contributed by atoms with Crippen molar-refractivity contribution in [2.24, 2.45) is 5.92 Å². The molecule has 0 amide bonds. The summed E-state index contributed by atoms with van der Waals surface area (Å²) in [5.41, 5.74) is 1.08. The summed E-state index contributed by atoms with van der Waals surface area (Å²) in [5, 5.41) is 0. The molecular formula is C9H14N2. The summed E-state index contributed by atoms with van der Waals surface area (Å²) >= 11 is 0. The maximum atomic E-state index is 4.09. The number of imidazole rings is 1. The molecule has 1 aromatic heterocycles. The van der Waals surface area contributed by atoms with E-state index in [0.717, 1.165) is 11.5 Å². The van der Waals surface area contributed by atoms with Gasteiger partial charge in [0.2, 0.25) is 0 Å². The zero-order chi connectivity index (χ0) is 8.27. The highest BCUT2D eigenvalue weighted by Gasteiger charge is 1.90. The molecule has 0 aromatic carbocycles. The van der Waals surface area contributed by atoms with Gasteiger partial charge in [-0.2, -0.15) is 0 Å². The zero-order valence-electron chi connectivity index (χ0n) is 7.26. The molecule has 0 bridgehead atoms. The van der Waals surface area contributed by atoms with Gasteiger partial charge in [-0.3, -0.25) is 0 Å². The van der Waals surface area contributed by atoms with Gasteiger partial charge in [-0.15, -0.1) is 0 Å². The number of H-pyrrole nitrogens is 1. The van der Waals surface area contributed by atoms with E-state index in [9.17, 15) is 0 Å². The fourth-order valence-corrected chi connectivity index (χ4v) is 0.821. The smallest absolute Gasteiger partial charge is 0.103 e. The van der Waals surface area contributed by atoms with Crippen LogP contribution in [0.4, 0.5) is 0 Å². The predicted octanol–water partition coefficient (Wildman–Crippen LogP) is 2.39. The number of allylic oxidation sites excluding steroid dienone is 1. The first kappa shape index (κ1) is 8.05. The lowest BCUT2D eigenvalue weighted by Crippen LogP contribution is -1.77. The number of aromatic amines is 1. The summed E-state index contributed by atoms with van der Waals surface area (Å²) in [6, 6.07) is 0. The zero-order valence-corrected chi connectivity index (χ0v) is 7.26. The van der Waals surface area contributed by atoms with E-state index in [1.807, 2.05) is 13.1 Å². The summed E-state index contributed by atoms with van der Waals surface area (Å²) in [6.07, 6.45) is 6.05. The highest BCUT2D eigenvalue weighted by Crippen LogP contribution is 2.02. The molecule has 0 fully saturated rings. The maximum Gasteiger partial charge on any atom is 0.103 e. The van der Waals surface area contributed by atoms with E-state index in [1.54, 1.807) is 0 Å². The lowest BCUT2D eigenvalue weighted by atomic mass is 10.2. The Morgan fingerprint density at radius 1 is 1.55 bits per heavy atom. The van der Waals surface area contributed by atoms with E-state index in [1.165, 1.54) is 0 Å². The van der Waals surface area contributed by atoms with Crippen molar-refractivity contribution >= 4 is 6.08 Å². The third-order valence-electron chi connectivity index (χ3n) is 1.38. The van der Waals surface area contributed by atoms with Crippen molar-refractivity contribution in [1.29, 1.82) is 0 Å². The van der Waals surface area contributed by atoms with Gasteiger partial charge in [-0.1, -0.05) is 19.9 Å². The second-order valence-corrected chi connectivity index (χ2v) is 3.03. The SMILES string of the molecule is Cc1ncc(/C=C\C(C)C)[nH]1. The van der Waals surface area contributed by atoms with Crippen LogP contribution in [0.3, 0.4) is 0 Å². The molecule has 1 N–H and O–H groups in total. The number of aromatic nitrogens is 2. The van der Waals surface area contributed by atoms with Gasteiger partial charge >= 0.3 is 0 Å². The number of hydrogen-bond donors (Lipinski definition) is 1. The van der Waals surface area contributed by atoms with Crippen molar-refractivity contribution in [3.05, 3.63) is 23.8 Å². The van der Waals surface area contributed by atoms with Crippen molar-refractivity contribution in [3.8, 4) is 0 Å². The fraction of sp³-hybridized carbons (Fsp3) is 0.444. The average molecular weight is 150 g/mol. The molecule has 11 heavy (non-hydrogen) atoms. The highest BCUT2D eigenvalue weighted by molar-refractivity contribution is 5.43. The Hall–Kier alpha value is -1.05. The molecule has 0 radical (unpaired) electrons. The third kappa shape index (κ3) is 2.58. The minimum absolute atomic E-state index is 0.596. The first-order valence-electron chi connectivity index (χ1n) is 3.88. The maximum absolute atomic E-state index is 4.09. The van der Waals surface area contributed by atoms with Gasteiger partial charge in [0, 0.05) is 0 Å². The van der Waals surface area contributed by atoms with Crippen LogP contribution >= 0.6 is 0 Å². The minimum Gasteiger partial charge on any atom is -0.343 e. The molecule has 2 heteroatoms. The molecule has 0 unspecified atom stereocenters. The Morgan fingerprint density at radius 2 is 2.27 bits per heavy atom. The van der Waals surface area contributed by atoms with Gasteiger partial charge in [0.15, 0.2) is 0 Å². The van der Waals surface area contributed by atoms with E-state index in [0.29, 0.717) is 5.92 Å². The molecule has 2 nitrogen and oxygen atoms in total. The Kier molecular flexibility index (Phi) is 2.47. The van der Waals surface area contributed by atoms with Crippen molar-refractivity contribution in [2.75, 3.05) is 0 Å². The van der Waals surface area contributed by atoms with Crippen LogP contribution in [-0.2, 0) is 0 Å². The standard InChI is InChI=1S/C9H14N2/c1-7(2)4-5-9-6-10-8(3)11-9/h4-7H,1-3H3,(H,10,11)/b5-4-. The summed E-state index contributed by atoms with van der Waals surface area (Å²) < 4.78 is 0. The van der Waals surface area contributed by atoms with Gasteiger partial charge in [0.05, 0.1) is 11.9 Å². The van der Waals surface area contributed by atoms with E-state index in [2.05, 4.69) is 36.0 Å². The van der Waals surface area contributed by atoms with E-state index < -0.39 is 0 Å². The van der Waals surface area contributed by atoms with Gasteiger partial charge in [0.25, 0.3) is 0 Å². The summed E-state index contributed by atoms with van der Waals surface area (Å²) in [4.78, 5) is 7.22. The number of aryl methyl sites for hydroxylation is 1. The van der Waals surface area contributed by atoms with Gasteiger partial charge in [-0.05, 0) is 18.9 Å². The summed E-state index contributed by atoms with van der Waals surface area (Å²) in [7, 11) is 0. The normalized spacial score (nSPS) is 11.6. The van der Waals surface area contributed by atoms with E-state index >= 15 is 0 Å². The lowest BCUT2D eigenvalue weighted by molar-refractivity contribution is 0.836. The van der Waals surface area contributed by atoms with Crippen molar-refractivity contribution < 1.29 is 0 Å². The largest absolute Gasteiger partial charge is 0.343 e. The predicted molar refractivity (Wildman–Crippen MR) is 47.2 cm³/mol. The van der Waals surface area contributed by atoms with Crippen LogP contribution in [0.5, 0.6) is 0 Å². The Balaban J connectivity index is 2.64. The molecular weight excluding hydrogens is 136 g/mol. The number of nitrogens with zero attached hydrogens (tertiary/aromatic N) is 1. The van der Waals surface area contributed by atoms with E-state index in [4.69, 9.17) is 0 Å². The van der Waals surface area contributed by atoms with Gasteiger partial charge in [-0.25, -0.2) is 4.98 Å². The molecule has 0 atom stereocenters. The Labute approximate surface area is 67.4 Å². The van der Waals surface area contributed by atoms with Gasteiger partial charge < -0.3 is 4.98 Å².